The number of hydrogen-bond donors (Lipinski definition) is 2. The fraction of sp³-hybridized carbons (Fsp3) is 0.278. The minimum atomic E-state index is -1.39. The molecule has 0 aliphatic heterocycles. The summed E-state index contributed by atoms with van der Waals surface area (Å²) in [5.74, 6) is 0. The second kappa shape index (κ2) is 7.59. The highest BCUT2D eigenvalue weighted by molar-refractivity contribution is 7.91. The maximum atomic E-state index is 12.2. The van der Waals surface area contributed by atoms with E-state index >= 15 is 0 Å². The third-order valence-electron chi connectivity index (χ3n) is 3.24. The Morgan fingerprint density at radius 1 is 1.21 bits per heavy atom. The quantitative estimate of drug-likeness (QED) is 0.633. The summed E-state index contributed by atoms with van der Waals surface area (Å²) in [6.45, 7) is 7.30. The van der Waals surface area contributed by atoms with E-state index in [-0.39, 0.29) is 5.71 Å². The van der Waals surface area contributed by atoms with Gasteiger partial charge in [0.15, 0.2) is 0 Å². The highest BCUT2D eigenvalue weighted by atomic mass is 32.2. The van der Waals surface area contributed by atoms with Gasteiger partial charge in [0.05, 0.1) is 17.6 Å². The van der Waals surface area contributed by atoms with Gasteiger partial charge in [-0.3, -0.25) is 10.4 Å². The van der Waals surface area contributed by atoms with Crippen molar-refractivity contribution >= 4 is 34.2 Å². The second-order valence-electron chi connectivity index (χ2n) is 6.33. The van der Waals surface area contributed by atoms with Crippen LogP contribution in [-0.2, 0) is 11.4 Å². The Kier molecular flexibility index (Phi) is 5.75. The van der Waals surface area contributed by atoms with Gasteiger partial charge in [0.1, 0.15) is 21.8 Å². The summed E-state index contributed by atoms with van der Waals surface area (Å²) >= 11 is -1.39. The molecule has 0 saturated carbocycles. The fourth-order valence-electron chi connectivity index (χ4n) is 1.90. The molecule has 0 amide bonds. The van der Waals surface area contributed by atoms with E-state index in [2.05, 4.69) is 14.7 Å². The molecule has 0 fully saturated rings. The number of aromatic nitrogens is 1. The maximum absolute atomic E-state index is 12.2. The van der Waals surface area contributed by atoms with Crippen LogP contribution in [0.4, 0.5) is 11.4 Å². The molecule has 0 saturated heterocycles. The summed E-state index contributed by atoms with van der Waals surface area (Å²) < 4.78 is 15.9. The number of para-hydroxylation sites is 1. The summed E-state index contributed by atoms with van der Waals surface area (Å²) in [6.07, 6.45) is 3.42. The molecule has 1 aromatic carbocycles. The predicted octanol–water partition coefficient (Wildman–Crippen LogP) is 4.12. The normalized spacial score (nSPS) is 13.5. The van der Waals surface area contributed by atoms with Crippen LogP contribution < -0.4 is 5.32 Å². The van der Waals surface area contributed by atoms with Crippen LogP contribution in [0.25, 0.3) is 0 Å². The van der Waals surface area contributed by atoms with Crippen LogP contribution in [0, 0.1) is 5.41 Å². The minimum Gasteiger partial charge on any atom is -0.591 e. The second-order valence-corrected chi connectivity index (χ2v) is 8.23. The van der Waals surface area contributed by atoms with Gasteiger partial charge in [0, 0.05) is 17.4 Å². The van der Waals surface area contributed by atoms with E-state index < -0.39 is 16.1 Å². The van der Waals surface area contributed by atoms with Gasteiger partial charge in [-0.05, 0) is 45.9 Å². The molecular weight excluding hydrogens is 320 g/mol. The monoisotopic (exact) mass is 342 g/mol. The van der Waals surface area contributed by atoms with E-state index in [1.54, 1.807) is 19.3 Å². The lowest BCUT2D eigenvalue weighted by molar-refractivity contribution is 0.561. The average Bonchev–Trinajstić information content (AvgIpc) is 2.54. The highest BCUT2D eigenvalue weighted by Gasteiger charge is 2.27. The molecule has 24 heavy (non-hydrogen) atoms. The van der Waals surface area contributed by atoms with E-state index in [9.17, 15) is 4.55 Å². The number of nitrogens with one attached hydrogen (secondary N) is 2. The Morgan fingerprint density at radius 2 is 1.92 bits per heavy atom. The maximum Gasteiger partial charge on any atom is 0.144 e. The molecular formula is C18H22N4OS. The van der Waals surface area contributed by atoms with Crippen molar-refractivity contribution in [2.24, 2.45) is 4.40 Å². The van der Waals surface area contributed by atoms with Gasteiger partial charge in [0.2, 0.25) is 0 Å². The van der Waals surface area contributed by atoms with Gasteiger partial charge in [-0.1, -0.05) is 22.6 Å². The minimum absolute atomic E-state index is 0.250. The van der Waals surface area contributed by atoms with Crippen molar-refractivity contribution in [3.05, 3.63) is 54.4 Å². The average molecular weight is 342 g/mol. The number of nitrogens with zero attached hydrogens (tertiary/aromatic N) is 2. The Hall–Kier alpha value is -2.18. The van der Waals surface area contributed by atoms with Crippen LogP contribution >= 0.6 is 0 Å². The van der Waals surface area contributed by atoms with E-state index in [0.29, 0.717) is 11.3 Å². The van der Waals surface area contributed by atoms with Gasteiger partial charge in [-0.2, -0.15) is 0 Å². The Bertz CT molecular complexity index is 738. The first-order chi connectivity index (χ1) is 11.3. The number of anilines is 2. The lowest BCUT2D eigenvalue weighted by Gasteiger charge is -2.19. The first kappa shape index (κ1) is 18.2. The van der Waals surface area contributed by atoms with Gasteiger partial charge < -0.3 is 9.87 Å². The van der Waals surface area contributed by atoms with Crippen LogP contribution in [0.15, 0.2) is 53.2 Å². The van der Waals surface area contributed by atoms with Crippen molar-refractivity contribution in [1.82, 2.24) is 4.98 Å². The smallest absolute Gasteiger partial charge is 0.144 e. The molecule has 2 rings (SSSR count). The SMILES string of the molecule is CC(=N[S+]([O-])C(C)(C)C)C(=N)c1ccccc1Nc1cccnc1. The summed E-state index contributed by atoms with van der Waals surface area (Å²) in [6, 6.07) is 11.3. The lowest BCUT2D eigenvalue weighted by Crippen LogP contribution is -2.28. The van der Waals surface area contributed by atoms with Crippen LogP contribution in [0.5, 0.6) is 0 Å². The van der Waals surface area contributed by atoms with E-state index in [0.717, 1.165) is 11.4 Å². The van der Waals surface area contributed by atoms with Crippen molar-refractivity contribution in [3.63, 3.8) is 0 Å². The van der Waals surface area contributed by atoms with Crippen molar-refractivity contribution in [3.8, 4) is 0 Å². The van der Waals surface area contributed by atoms with Crippen molar-refractivity contribution in [2.75, 3.05) is 5.32 Å². The largest absolute Gasteiger partial charge is 0.591 e. The van der Waals surface area contributed by atoms with E-state index in [4.69, 9.17) is 5.41 Å². The fourth-order valence-corrected chi connectivity index (χ4v) is 2.52. The molecule has 5 nitrogen and oxygen atoms in total. The predicted molar refractivity (Wildman–Crippen MR) is 102 cm³/mol. The first-order valence-corrected chi connectivity index (χ1v) is 8.72. The van der Waals surface area contributed by atoms with Crippen molar-refractivity contribution < 1.29 is 4.55 Å². The summed E-state index contributed by atoms with van der Waals surface area (Å²) in [7, 11) is 0. The summed E-state index contributed by atoms with van der Waals surface area (Å²) in [5, 5.41) is 11.7. The first-order valence-electron chi connectivity index (χ1n) is 7.61. The number of hydrogen-bond acceptors (Lipinski definition) is 5. The molecule has 0 radical (unpaired) electrons. The van der Waals surface area contributed by atoms with Crippen molar-refractivity contribution in [2.45, 2.75) is 32.4 Å². The molecule has 0 aliphatic carbocycles. The zero-order valence-electron chi connectivity index (χ0n) is 14.3. The Balaban J connectivity index is 2.29. The number of pyridine rings is 1. The summed E-state index contributed by atoms with van der Waals surface area (Å²) in [4.78, 5) is 4.08. The van der Waals surface area contributed by atoms with E-state index in [1.807, 2.05) is 57.2 Å². The molecule has 1 unspecified atom stereocenters. The van der Waals surface area contributed by atoms with Crippen LogP contribution in [0.1, 0.15) is 33.3 Å². The topological polar surface area (TPSA) is 84.2 Å². The Morgan fingerprint density at radius 3 is 2.54 bits per heavy atom. The van der Waals surface area contributed by atoms with Crippen molar-refractivity contribution in [1.29, 1.82) is 5.41 Å². The lowest BCUT2D eigenvalue weighted by atomic mass is 10.0. The number of benzene rings is 1. The third-order valence-corrected chi connectivity index (χ3v) is 4.73. The molecule has 1 aromatic heterocycles. The summed E-state index contributed by atoms with van der Waals surface area (Å²) in [5.41, 5.74) is 3.02. The van der Waals surface area contributed by atoms with Gasteiger partial charge in [-0.25, -0.2) is 0 Å². The highest BCUT2D eigenvalue weighted by Crippen LogP contribution is 2.22. The number of rotatable bonds is 5. The van der Waals surface area contributed by atoms with Crippen LogP contribution in [0.2, 0.25) is 0 Å². The standard InChI is InChI=1S/C18H22N4OS/c1-13(22-24(23)18(2,3)4)17(19)15-9-5-6-10-16(15)21-14-8-7-11-20-12-14/h5-12,19,21H,1-4H3. The van der Waals surface area contributed by atoms with Crippen LogP contribution in [0.3, 0.4) is 0 Å². The zero-order valence-corrected chi connectivity index (χ0v) is 15.1. The molecule has 6 heteroatoms. The van der Waals surface area contributed by atoms with E-state index in [1.165, 1.54) is 0 Å². The molecule has 1 heterocycles. The zero-order chi connectivity index (χ0) is 17.7. The van der Waals surface area contributed by atoms with Gasteiger partial charge in [-0.15, -0.1) is 0 Å². The molecule has 0 bridgehead atoms. The molecule has 2 N–H and O–H groups in total. The third kappa shape index (κ3) is 4.66. The molecule has 126 valence electrons. The molecule has 2 aromatic rings. The molecule has 0 spiro atoms. The van der Waals surface area contributed by atoms with Gasteiger partial charge >= 0.3 is 0 Å². The van der Waals surface area contributed by atoms with Gasteiger partial charge in [0.25, 0.3) is 0 Å². The molecule has 0 aliphatic rings. The molecule has 1 atom stereocenters. The van der Waals surface area contributed by atoms with Crippen LogP contribution in [-0.4, -0.2) is 25.7 Å². The Labute approximate surface area is 146 Å².